The maximum atomic E-state index is 14.5. The number of unbranched alkanes of at least 4 members (excludes halogenated alkanes) is 2. The molecule has 13 nitrogen and oxygen atoms in total. The number of allylic oxidation sites excluding steroid dienone is 1. The number of carbonyl (C=O) groups is 2. The second kappa shape index (κ2) is 22.7. The van der Waals surface area contributed by atoms with Gasteiger partial charge >= 0.3 is 6.09 Å². The van der Waals surface area contributed by atoms with Crippen molar-refractivity contribution in [3.8, 4) is 23.0 Å². The molecule has 2 amide bonds. The highest BCUT2D eigenvalue weighted by molar-refractivity contribution is 6.03. The van der Waals surface area contributed by atoms with E-state index in [-0.39, 0.29) is 50.1 Å². The molecule has 7 rings (SSSR count). The van der Waals surface area contributed by atoms with Crippen LogP contribution in [0.25, 0.3) is 0 Å². The monoisotopic (exact) mass is 893 g/mol. The number of nitrogens with one attached hydrogen (secondary N) is 1. The molecule has 0 spiro atoms. The molecule has 1 aliphatic heterocycles. The molecule has 0 radical (unpaired) electrons. The molecule has 6 atom stereocenters. The largest absolute Gasteiger partial charge is 0.497 e. The number of amides is 2. The average Bonchev–Trinajstić information content (AvgIpc) is 3.85. The number of aliphatic hydroxyl groups excluding tert-OH is 2. The van der Waals surface area contributed by atoms with Gasteiger partial charge in [0.25, 0.3) is 0 Å². The summed E-state index contributed by atoms with van der Waals surface area (Å²) >= 11 is 0. The van der Waals surface area contributed by atoms with Crippen LogP contribution in [-0.2, 0) is 21.0 Å². The molecule has 0 saturated heterocycles. The Bertz CT molecular complexity index is 2140. The van der Waals surface area contributed by atoms with Crippen molar-refractivity contribution < 1.29 is 48.3 Å². The SMILES string of the molecule is C=CCO[C@@]12Oc3ccc(OC(=O)Nc4ccc(OC)cc4OC)cc3[C@H]3[C@H](CCCCO)[C@@H](CCCCO)C=C(C(=NOCc4ccccc4)C[C@@H]1N(C)C(=O)CCC1CCCC1)[C@H]32. The van der Waals surface area contributed by atoms with Crippen LogP contribution in [0.1, 0.15) is 101 Å². The minimum atomic E-state index is -1.37. The fourth-order valence-corrected chi connectivity index (χ4v) is 10.7. The zero-order valence-corrected chi connectivity index (χ0v) is 38.3. The summed E-state index contributed by atoms with van der Waals surface area (Å²) in [6.07, 6.45) is 14.1. The van der Waals surface area contributed by atoms with E-state index in [0.29, 0.717) is 60.3 Å². The molecule has 2 fully saturated rings. The van der Waals surface area contributed by atoms with Gasteiger partial charge in [-0.05, 0) is 91.3 Å². The van der Waals surface area contributed by atoms with Gasteiger partial charge < -0.3 is 43.6 Å². The second-order valence-electron chi connectivity index (χ2n) is 17.8. The van der Waals surface area contributed by atoms with E-state index in [2.05, 4.69) is 18.0 Å². The number of likely N-dealkylation sites (N-methyl/N-ethyl adjacent to an activating group) is 1. The molecule has 3 N–H and O–H groups in total. The molecule has 350 valence electrons. The van der Waals surface area contributed by atoms with E-state index in [1.54, 1.807) is 37.5 Å². The van der Waals surface area contributed by atoms with Gasteiger partial charge in [0, 0.05) is 50.7 Å². The maximum Gasteiger partial charge on any atom is 0.417 e. The van der Waals surface area contributed by atoms with Gasteiger partial charge in [-0.1, -0.05) is 86.2 Å². The van der Waals surface area contributed by atoms with Crippen molar-refractivity contribution in [1.29, 1.82) is 0 Å². The summed E-state index contributed by atoms with van der Waals surface area (Å²) in [6.45, 7) is 4.62. The highest BCUT2D eigenvalue weighted by atomic mass is 16.7. The lowest BCUT2D eigenvalue weighted by atomic mass is 9.55. The minimum absolute atomic E-state index is 0.00426. The number of nitrogens with zero attached hydrogens (tertiary/aromatic N) is 2. The number of oxime groups is 1. The van der Waals surface area contributed by atoms with Crippen molar-refractivity contribution in [3.63, 3.8) is 0 Å². The fourth-order valence-electron chi connectivity index (χ4n) is 10.7. The molecular weight excluding hydrogens is 827 g/mol. The summed E-state index contributed by atoms with van der Waals surface area (Å²) < 4.78 is 31.2. The lowest BCUT2D eigenvalue weighted by Gasteiger charge is -2.59. The van der Waals surface area contributed by atoms with E-state index < -0.39 is 23.8 Å². The fraction of sp³-hybridized carbons (Fsp3) is 0.519. The van der Waals surface area contributed by atoms with Gasteiger partial charge in [-0.2, -0.15) is 0 Å². The zero-order chi connectivity index (χ0) is 45.8. The van der Waals surface area contributed by atoms with Crippen molar-refractivity contribution in [3.05, 3.63) is 102 Å². The molecule has 4 aliphatic rings. The molecule has 0 aromatic heterocycles. The lowest BCUT2D eigenvalue weighted by Crippen LogP contribution is -2.69. The molecule has 3 aromatic rings. The van der Waals surface area contributed by atoms with Gasteiger partial charge in [0.05, 0.1) is 38.1 Å². The summed E-state index contributed by atoms with van der Waals surface area (Å²) in [5.74, 6) is 0.338. The van der Waals surface area contributed by atoms with Crippen LogP contribution in [0.5, 0.6) is 23.0 Å². The van der Waals surface area contributed by atoms with Crippen LogP contribution in [0.3, 0.4) is 0 Å². The highest BCUT2D eigenvalue weighted by Crippen LogP contribution is 2.62. The number of carbonyl (C=O) groups excluding carboxylic acids is 2. The number of aliphatic hydroxyl groups is 2. The van der Waals surface area contributed by atoms with Gasteiger partial charge in [-0.3, -0.25) is 10.1 Å². The van der Waals surface area contributed by atoms with Crippen LogP contribution in [0.4, 0.5) is 10.5 Å². The molecular formula is C52H67N3O10. The predicted octanol–water partition coefficient (Wildman–Crippen LogP) is 9.58. The number of methoxy groups -OCH3 is 2. The van der Waals surface area contributed by atoms with E-state index in [1.807, 2.05) is 54.4 Å². The smallest absolute Gasteiger partial charge is 0.417 e. The summed E-state index contributed by atoms with van der Waals surface area (Å²) in [5.41, 5.74) is 3.89. The lowest BCUT2D eigenvalue weighted by molar-refractivity contribution is -0.255. The first kappa shape index (κ1) is 47.6. The number of rotatable bonds is 22. The number of hydrogen-bond donors (Lipinski definition) is 3. The molecule has 1 heterocycles. The van der Waals surface area contributed by atoms with Gasteiger partial charge in [0.2, 0.25) is 11.7 Å². The Hall–Kier alpha value is -5.37. The molecule has 3 aromatic carbocycles. The Labute approximate surface area is 383 Å². The molecule has 65 heavy (non-hydrogen) atoms. The van der Waals surface area contributed by atoms with Gasteiger partial charge in [0.15, 0.2) is 0 Å². The van der Waals surface area contributed by atoms with E-state index >= 15 is 0 Å². The van der Waals surface area contributed by atoms with E-state index in [9.17, 15) is 19.8 Å². The first-order chi connectivity index (χ1) is 31.7. The van der Waals surface area contributed by atoms with Crippen LogP contribution >= 0.6 is 0 Å². The summed E-state index contributed by atoms with van der Waals surface area (Å²) in [4.78, 5) is 36.1. The molecule has 0 unspecified atom stereocenters. The Morgan fingerprint density at radius 2 is 1.69 bits per heavy atom. The van der Waals surface area contributed by atoms with Crippen molar-refractivity contribution in [1.82, 2.24) is 4.90 Å². The first-order valence-corrected chi connectivity index (χ1v) is 23.4. The van der Waals surface area contributed by atoms with E-state index in [0.717, 1.165) is 67.4 Å². The standard InChI is InChI=1S/C52H67N3O10/c1-5-29-62-52-47(55(2)48(58)26-21-35-15-9-10-16-35)33-44(54-63-34-36-17-7-6-8-18-36)41-30-37(19-11-13-27-56)40(20-12-14-28-57)49(50(41)52)42-31-39(23-25-45(42)65-52)64-51(59)53-43-24-22-38(60-3)32-46(43)61-4/h5-8,17-18,22-25,30-32,35,37,40,47,49-50,56-57H,1,9-16,19-21,26-29,33-34H2,2-4H3,(H,53,59)/t37-,40+,47-,49+,50+,52+/m0/s1. The Balaban J connectivity index is 1.34. The van der Waals surface area contributed by atoms with E-state index in [1.165, 1.54) is 20.0 Å². The molecule has 13 heteroatoms. The molecule has 3 aliphatic carbocycles. The maximum absolute atomic E-state index is 14.5. The third-order valence-corrected chi connectivity index (χ3v) is 13.9. The third kappa shape index (κ3) is 11.0. The third-order valence-electron chi connectivity index (χ3n) is 13.9. The van der Waals surface area contributed by atoms with Gasteiger partial charge in [-0.25, -0.2) is 4.79 Å². The topological polar surface area (TPSA) is 158 Å². The second-order valence-corrected chi connectivity index (χ2v) is 17.8. The average molecular weight is 894 g/mol. The molecule has 2 saturated carbocycles. The number of hydrogen-bond acceptors (Lipinski definition) is 11. The Morgan fingerprint density at radius 1 is 0.938 bits per heavy atom. The summed E-state index contributed by atoms with van der Waals surface area (Å²) in [7, 11) is 4.93. The van der Waals surface area contributed by atoms with Crippen LogP contribution in [0.2, 0.25) is 0 Å². The van der Waals surface area contributed by atoms with Crippen LogP contribution in [-0.4, -0.2) is 85.7 Å². The minimum Gasteiger partial charge on any atom is -0.497 e. The van der Waals surface area contributed by atoms with Crippen molar-refractivity contribution in [2.45, 2.75) is 108 Å². The van der Waals surface area contributed by atoms with Crippen LogP contribution < -0.4 is 24.3 Å². The Kier molecular flexibility index (Phi) is 16.6. The first-order valence-electron chi connectivity index (χ1n) is 23.4. The number of fused-ring (bicyclic) bond motifs is 2. The normalized spacial score (nSPS) is 23.9. The van der Waals surface area contributed by atoms with Crippen LogP contribution in [0.15, 0.2) is 96.2 Å². The van der Waals surface area contributed by atoms with Crippen molar-refractivity contribution in [2.75, 3.05) is 46.4 Å². The van der Waals surface area contributed by atoms with Gasteiger partial charge in [0.1, 0.15) is 35.6 Å². The van der Waals surface area contributed by atoms with Crippen LogP contribution in [0, 0.1) is 23.7 Å². The number of ether oxygens (including phenoxy) is 5. The predicted molar refractivity (Wildman–Crippen MR) is 249 cm³/mol. The highest BCUT2D eigenvalue weighted by Gasteiger charge is 2.65. The van der Waals surface area contributed by atoms with Crippen molar-refractivity contribution >= 4 is 23.4 Å². The summed E-state index contributed by atoms with van der Waals surface area (Å²) in [6, 6.07) is 19.8. The van der Waals surface area contributed by atoms with E-state index in [4.69, 9.17) is 33.7 Å². The molecule has 0 bridgehead atoms. The summed E-state index contributed by atoms with van der Waals surface area (Å²) in [5, 5.41) is 27.7. The van der Waals surface area contributed by atoms with Crippen molar-refractivity contribution in [2.24, 2.45) is 28.8 Å². The number of benzene rings is 3. The number of anilines is 1. The quantitative estimate of drug-likeness (QED) is 0.0504. The Morgan fingerprint density at radius 3 is 2.42 bits per heavy atom. The zero-order valence-electron chi connectivity index (χ0n) is 38.3. The van der Waals surface area contributed by atoms with Gasteiger partial charge in [-0.15, -0.1) is 6.58 Å².